The average Bonchev–Trinajstić information content (AvgIpc) is 2.92. The zero-order valence-electron chi connectivity index (χ0n) is 16.4. The molecule has 2 heterocycles. The van der Waals surface area contributed by atoms with E-state index in [2.05, 4.69) is 20.2 Å². The molecule has 1 N–H and O–H groups in total. The van der Waals surface area contributed by atoms with Gasteiger partial charge in [-0.1, -0.05) is 31.0 Å². The van der Waals surface area contributed by atoms with Gasteiger partial charge in [0.2, 0.25) is 11.8 Å². The predicted octanol–water partition coefficient (Wildman–Crippen LogP) is 3.80. The number of hydrogen-bond donors (Lipinski definition) is 1. The Morgan fingerprint density at radius 3 is 2.41 bits per heavy atom. The highest BCUT2D eigenvalue weighted by Crippen LogP contribution is 2.21. The fraction of sp³-hybridized carbons (Fsp3) is 0.476. The van der Waals surface area contributed by atoms with Crippen LogP contribution in [0, 0.1) is 20.8 Å². The van der Waals surface area contributed by atoms with Gasteiger partial charge >= 0.3 is 0 Å². The van der Waals surface area contributed by atoms with E-state index in [4.69, 9.17) is 4.74 Å². The molecule has 1 saturated heterocycles. The van der Waals surface area contributed by atoms with E-state index in [1.165, 1.54) is 12.8 Å². The van der Waals surface area contributed by atoms with Crippen molar-refractivity contribution >= 4 is 17.5 Å². The Kier molecular flexibility index (Phi) is 6.27. The number of benzene rings is 1. The fourth-order valence-corrected chi connectivity index (χ4v) is 3.34. The molecule has 1 aliphatic rings. The fourth-order valence-electron chi connectivity index (χ4n) is 3.34. The molecule has 2 aromatic rings. The average molecular weight is 368 g/mol. The maximum Gasteiger partial charge on any atom is 0.262 e. The third-order valence-electron chi connectivity index (χ3n) is 4.80. The number of carbonyl (C=O) groups is 1. The van der Waals surface area contributed by atoms with Crippen LogP contribution >= 0.6 is 0 Å². The molecule has 0 spiro atoms. The first-order chi connectivity index (χ1) is 13.0. The van der Waals surface area contributed by atoms with Crippen LogP contribution in [0.3, 0.4) is 0 Å². The second-order valence-electron chi connectivity index (χ2n) is 7.15. The number of para-hydroxylation sites is 1. The van der Waals surface area contributed by atoms with Gasteiger partial charge in [0.25, 0.3) is 5.91 Å². The molecule has 1 amide bonds. The molecule has 0 aliphatic carbocycles. The number of carbonyl (C=O) groups excluding carboxylic acids is 1. The van der Waals surface area contributed by atoms with Crippen LogP contribution in [0.2, 0.25) is 0 Å². The third kappa shape index (κ3) is 5.18. The topological polar surface area (TPSA) is 67.3 Å². The van der Waals surface area contributed by atoms with Gasteiger partial charge in [-0.15, -0.1) is 0 Å². The SMILES string of the molecule is Cc1cc(OCC(=O)Nc2c(C)cccc2C)nc(N2CCCCCC2)n1. The summed E-state index contributed by atoms with van der Waals surface area (Å²) < 4.78 is 5.67. The highest BCUT2D eigenvalue weighted by molar-refractivity contribution is 5.93. The van der Waals surface area contributed by atoms with E-state index in [9.17, 15) is 4.79 Å². The van der Waals surface area contributed by atoms with Crippen molar-refractivity contribution in [2.24, 2.45) is 0 Å². The monoisotopic (exact) mass is 368 g/mol. The van der Waals surface area contributed by atoms with Crippen molar-refractivity contribution in [1.29, 1.82) is 0 Å². The van der Waals surface area contributed by atoms with E-state index in [1.807, 2.05) is 39.0 Å². The van der Waals surface area contributed by atoms with Crippen LogP contribution in [0.5, 0.6) is 5.88 Å². The minimum atomic E-state index is -0.194. The third-order valence-corrected chi connectivity index (χ3v) is 4.80. The van der Waals surface area contributed by atoms with Crippen molar-refractivity contribution < 1.29 is 9.53 Å². The molecule has 1 aliphatic heterocycles. The number of ether oxygens (including phenoxy) is 1. The highest BCUT2D eigenvalue weighted by Gasteiger charge is 2.15. The summed E-state index contributed by atoms with van der Waals surface area (Å²) in [5.74, 6) is 0.945. The lowest BCUT2D eigenvalue weighted by atomic mass is 10.1. The zero-order valence-corrected chi connectivity index (χ0v) is 16.4. The zero-order chi connectivity index (χ0) is 19.2. The van der Waals surface area contributed by atoms with E-state index in [1.54, 1.807) is 6.07 Å². The molecule has 0 saturated carbocycles. The van der Waals surface area contributed by atoms with Crippen LogP contribution in [-0.4, -0.2) is 35.6 Å². The van der Waals surface area contributed by atoms with Crippen LogP contribution in [0.4, 0.5) is 11.6 Å². The maximum atomic E-state index is 12.3. The van der Waals surface area contributed by atoms with E-state index < -0.39 is 0 Å². The van der Waals surface area contributed by atoms with Gasteiger partial charge in [-0.05, 0) is 44.7 Å². The summed E-state index contributed by atoms with van der Waals surface area (Å²) in [7, 11) is 0. The summed E-state index contributed by atoms with van der Waals surface area (Å²) in [4.78, 5) is 23.6. The van der Waals surface area contributed by atoms with Gasteiger partial charge < -0.3 is 15.0 Å². The van der Waals surface area contributed by atoms with Crippen molar-refractivity contribution in [2.75, 3.05) is 29.9 Å². The highest BCUT2D eigenvalue weighted by atomic mass is 16.5. The molecule has 3 rings (SSSR count). The minimum Gasteiger partial charge on any atom is -0.467 e. The smallest absolute Gasteiger partial charge is 0.262 e. The second-order valence-corrected chi connectivity index (χ2v) is 7.15. The van der Waals surface area contributed by atoms with Crippen LogP contribution in [-0.2, 0) is 4.79 Å². The molecular weight excluding hydrogens is 340 g/mol. The van der Waals surface area contributed by atoms with Gasteiger partial charge in [0.05, 0.1) is 0 Å². The predicted molar refractivity (Wildman–Crippen MR) is 107 cm³/mol. The second kappa shape index (κ2) is 8.84. The van der Waals surface area contributed by atoms with Gasteiger partial charge in [-0.2, -0.15) is 4.98 Å². The molecule has 27 heavy (non-hydrogen) atoms. The van der Waals surface area contributed by atoms with E-state index in [-0.39, 0.29) is 12.5 Å². The quantitative estimate of drug-likeness (QED) is 0.869. The lowest BCUT2D eigenvalue weighted by Gasteiger charge is -2.21. The van der Waals surface area contributed by atoms with Crippen LogP contribution < -0.4 is 15.0 Å². The summed E-state index contributed by atoms with van der Waals surface area (Å²) >= 11 is 0. The van der Waals surface area contributed by atoms with Crippen LogP contribution in [0.15, 0.2) is 24.3 Å². The van der Waals surface area contributed by atoms with Crippen molar-refractivity contribution in [3.8, 4) is 5.88 Å². The Balaban J connectivity index is 1.64. The first kappa shape index (κ1) is 19.1. The Morgan fingerprint density at radius 2 is 1.74 bits per heavy atom. The molecule has 1 aromatic heterocycles. The number of aromatic nitrogens is 2. The maximum absolute atomic E-state index is 12.3. The number of anilines is 2. The largest absolute Gasteiger partial charge is 0.467 e. The molecule has 0 bridgehead atoms. The summed E-state index contributed by atoms with van der Waals surface area (Å²) in [5.41, 5.74) is 3.75. The number of nitrogens with zero attached hydrogens (tertiary/aromatic N) is 3. The van der Waals surface area contributed by atoms with Crippen molar-refractivity contribution in [3.05, 3.63) is 41.1 Å². The molecule has 0 radical (unpaired) electrons. The van der Waals surface area contributed by atoms with Crippen molar-refractivity contribution in [1.82, 2.24) is 9.97 Å². The number of nitrogens with one attached hydrogen (secondary N) is 1. The number of rotatable bonds is 5. The molecule has 6 nitrogen and oxygen atoms in total. The Morgan fingerprint density at radius 1 is 1.07 bits per heavy atom. The van der Waals surface area contributed by atoms with Gasteiger partial charge in [-0.3, -0.25) is 4.79 Å². The standard InChI is InChI=1S/C21H28N4O2/c1-15-9-8-10-16(2)20(15)23-18(26)14-27-19-13-17(3)22-21(24-19)25-11-6-4-5-7-12-25/h8-10,13H,4-7,11-12,14H2,1-3H3,(H,23,26). The van der Waals surface area contributed by atoms with Crippen LogP contribution in [0.25, 0.3) is 0 Å². The lowest BCUT2D eigenvalue weighted by molar-refractivity contribution is -0.118. The summed E-state index contributed by atoms with van der Waals surface area (Å²) in [5, 5.41) is 2.93. The molecule has 0 unspecified atom stereocenters. The van der Waals surface area contributed by atoms with Gasteiger partial charge in [0, 0.05) is 30.5 Å². The molecular formula is C21H28N4O2. The number of hydrogen-bond acceptors (Lipinski definition) is 5. The molecule has 1 fully saturated rings. The Labute approximate surface area is 161 Å². The number of amides is 1. The van der Waals surface area contributed by atoms with Gasteiger partial charge in [0.15, 0.2) is 6.61 Å². The normalized spacial score (nSPS) is 14.6. The van der Waals surface area contributed by atoms with Gasteiger partial charge in [-0.25, -0.2) is 4.98 Å². The molecule has 1 aromatic carbocycles. The minimum absolute atomic E-state index is 0.0797. The summed E-state index contributed by atoms with van der Waals surface area (Å²) in [6, 6.07) is 7.70. The van der Waals surface area contributed by atoms with Crippen molar-refractivity contribution in [2.45, 2.75) is 46.5 Å². The summed E-state index contributed by atoms with van der Waals surface area (Å²) in [6.07, 6.45) is 4.83. The van der Waals surface area contributed by atoms with Crippen LogP contribution in [0.1, 0.15) is 42.5 Å². The van der Waals surface area contributed by atoms with E-state index >= 15 is 0 Å². The molecule has 6 heteroatoms. The van der Waals surface area contributed by atoms with E-state index in [0.717, 1.165) is 48.4 Å². The van der Waals surface area contributed by atoms with Gasteiger partial charge in [0.1, 0.15) is 0 Å². The molecule has 0 atom stereocenters. The first-order valence-electron chi connectivity index (χ1n) is 9.62. The van der Waals surface area contributed by atoms with E-state index in [0.29, 0.717) is 11.8 Å². The molecule has 144 valence electrons. The first-order valence-corrected chi connectivity index (χ1v) is 9.62. The van der Waals surface area contributed by atoms with Crippen molar-refractivity contribution in [3.63, 3.8) is 0 Å². The Bertz CT molecular complexity index is 779. The number of aryl methyl sites for hydroxylation is 3. The Hall–Kier alpha value is -2.63. The lowest BCUT2D eigenvalue weighted by Crippen LogP contribution is -2.27. The summed E-state index contributed by atoms with van der Waals surface area (Å²) in [6.45, 7) is 7.73.